The normalized spacial score (nSPS) is 11.3. The number of benzene rings is 1. The van der Waals surface area contributed by atoms with Crippen LogP contribution in [0, 0.1) is 3.57 Å². The van der Waals surface area contributed by atoms with E-state index in [9.17, 15) is 4.79 Å². The molecule has 1 rings (SSSR count). The molecule has 1 aromatic carbocycles. The smallest absolute Gasteiger partial charge is 0.339 e. The van der Waals surface area contributed by atoms with Crippen LogP contribution in [0.1, 0.15) is 31.1 Å². The minimum atomic E-state index is -0.484. The van der Waals surface area contributed by atoms with Gasteiger partial charge in [-0.15, -0.1) is 0 Å². The van der Waals surface area contributed by atoms with Crippen molar-refractivity contribution in [3.8, 4) is 0 Å². The molecule has 0 aromatic heterocycles. The lowest BCUT2D eigenvalue weighted by molar-refractivity contribution is 0.00683. The van der Waals surface area contributed by atoms with Gasteiger partial charge in [-0.05, 0) is 55.5 Å². The summed E-state index contributed by atoms with van der Waals surface area (Å²) >= 11 is 7.95. The Morgan fingerprint density at radius 1 is 1.40 bits per heavy atom. The molecule has 0 amide bonds. The largest absolute Gasteiger partial charge is 0.456 e. The van der Waals surface area contributed by atoms with Gasteiger partial charge >= 0.3 is 5.97 Å². The Hall–Kier alpha value is -0.290. The number of carbonyl (C=O) groups is 1. The molecule has 0 aliphatic rings. The lowest BCUT2D eigenvalue weighted by Crippen LogP contribution is -2.24. The summed E-state index contributed by atoms with van der Waals surface area (Å²) in [6.07, 6.45) is 0. The van der Waals surface area contributed by atoms with Crippen LogP contribution in [0.15, 0.2) is 18.2 Å². The summed E-state index contributed by atoms with van der Waals surface area (Å²) in [6.45, 7) is 5.51. The summed E-state index contributed by atoms with van der Waals surface area (Å²) in [5.74, 6) is -0.339. The monoisotopic (exact) mass is 338 g/mol. The maximum atomic E-state index is 11.7. The van der Waals surface area contributed by atoms with Crippen molar-refractivity contribution in [3.05, 3.63) is 32.4 Å². The van der Waals surface area contributed by atoms with Gasteiger partial charge < -0.3 is 4.74 Å². The highest BCUT2D eigenvalue weighted by molar-refractivity contribution is 14.1. The third-order valence-electron chi connectivity index (χ3n) is 1.57. The maximum Gasteiger partial charge on any atom is 0.339 e. The molecule has 0 aliphatic heterocycles. The highest BCUT2D eigenvalue weighted by atomic mass is 127. The first-order valence-corrected chi connectivity index (χ1v) is 5.94. The van der Waals surface area contributed by atoms with E-state index in [1.807, 2.05) is 43.4 Å². The Morgan fingerprint density at radius 2 is 2.00 bits per heavy atom. The van der Waals surface area contributed by atoms with Crippen LogP contribution in [-0.4, -0.2) is 11.6 Å². The molecule has 0 aliphatic carbocycles. The molecule has 0 radical (unpaired) electrons. The van der Waals surface area contributed by atoms with Gasteiger partial charge in [0.15, 0.2) is 0 Å². The zero-order chi connectivity index (χ0) is 11.6. The van der Waals surface area contributed by atoms with Crippen molar-refractivity contribution >= 4 is 40.2 Å². The Morgan fingerprint density at radius 3 is 2.53 bits per heavy atom. The van der Waals surface area contributed by atoms with E-state index in [-0.39, 0.29) is 5.97 Å². The van der Waals surface area contributed by atoms with Crippen LogP contribution in [0.3, 0.4) is 0 Å². The molecular formula is C11H12ClIO2. The van der Waals surface area contributed by atoms with Crippen LogP contribution in [0.25, 0.3) is 0 Å². The minimum Gasteiger partial charge on any atom is -0.456 e. The standard InChI is InChI=1S/C11H12ClIO2/c1-11(2,3)15-10(14)7-5-4-6-8(12)9(7)13/h4-6H,1-3H3. The summed E-state index contributed by atoms with van der Waals surface area (Å²) < 4.78 is 5.98. The highest BCUT2D eigenvalue weighted by Crippen LogP contribution is 2.23. The molecular weight excluding hydrogens is 326 g/mol. The fourth-order valence-electron chi connectivity index (χ4n) is 0.995. The van der Waals surface area contributed by atoms with Gasteiger partial charge in [-0.25, -0.2) is 4.79 Å². The molecule has 0 saturated heterocycles. The molecule has 4 heteroatoms. The molecule has 82 valence electrons. The van der Waals surface area contributed by atoms with Crippen molar-refractivity contribution in [2.24, 2.45) is 0 Å². The summed E-state index contributed by atoms with van der Waals surface area (Å²) in [6, 6.07) is 5.20. The molecule has 0 bridgehead atoms. The van der Waals surface area contributed by atoms with E-state index < -0.39 is 5.60 Å². The topological polar surface area (TPSA) is 26.3 Å². The zero-order valence-corrected chi connectivity index (χ0v) is 11.7. The molecule has 0 N–H and O–H groups in total. The van der Waals surface area contributed by atoms with Crippen molar-refractivity contribution in [2.75, 3.05) is 0 Å². The minimum absolute atomic E-state index is 0.339. The van der Waals surface area contributed by atoms with Crippen LogP contribution in [-0.2, 0) is 4.74 Å². The number of hydrogen-bond donors (Lipinski definition) is 0. The molecule has 15 heavy (non-hydrogen) atoms. The number of halogens is 2. The first-order chi connectivity index (χ1) is 6.81. The zero-order valence-electron chi connectivity index (χ0n) is 8.80. The van der Waals surface area contributed by atoms with Gasteiger partial charge in [0.25, 0.3) is 0 Å². The second-order valence-electron chi connectivity index (χ2n) is 4.10. The van der Waals surface area contributed by atoms with Gasteiger partial charge in [0, 0.05) is 3.57 Å². The van der Waals surface area contributed by atoms with Gasteiger partial charge in [0.1, 0.15) is 5.60 Å². The van der Waals surface area contributed by atoms with Crippen molar-refractivity contribution in [1.29, 1.82) is 0 Å². The number of carbonyl (C=O) groups excluding carboxylic acids is 1. The van der Waals surface area contributed by atoms with E-state index in [4.69, 9.17) is 16.3 Å². The molecule has 0 atom stereocenters. The maximum absolute atomic E-state index is 11.7. The lowest BCUT2D eigenvalue weighted by Gasteiger charge is -2.20. The highest BCUT2D eigenvalue weighted by Gasteiger charge is 2.20. The fraction of sp³-hybridized carbons (Fsp3) is 0.364. The predicted octanol–water partition coefficient (Wildman–Crippen LogP) is 3.90. The van der Waals surface area contributed by atoms with E-state index in [1.165, 1.54) is 0 Å². The van der Waals surface area contributed by atoms with E-state index >= 15 is 0 Å². The van der Waals surface area contributed by atoms with E-state index in [0.29, 0.717) is 10.6 Å². The number of rotatable bonds is 1. The fourth-order valence-corrected chi connectivity index (χ4v) is 1.75. The third kappa shape index (κ3) is 3.65. The van der Waals surface area contributed by atoms with Gasteiger partial charge in [-0.2, -0.15) is 0 Å². The lowest BCUT2D eigenvalue weighted by atomic mass is 10.2. The van der Waals surface area contributed by atoms with Gasteiger partial charge in [0.2, 0.25) is 0 Å². The first kappa shape index (κ1) is 12.8. The van der Waals surface area contributed by atoms with Crippen LogP contribution < -0.4 is 0 Å². The van der Waals surface area contributed by atoms with Gasteiger partial charge in [0.05, 0.1) is 10.6 Å². The number of ether oxygens (including phenoxy) is 1. The van der Waals surface area contributed by atoms with E-state index in [0.717, 1.165) is 3.57 Å². The average Bonchev–Trinajstić information content (AvgIpc) is 2.06. The Labute approximate surface area is 108 Å². The van der Waals surface area contributed by atoms with E-state index in [1.54, 1.807) is 18.2 Å². The average molecular weight is 339 g/mol. The molecule has 1 aromatic rings. The van der Waals surface area contributed by atoms with Gasteiger partial charge in [-0.3, -0.25) is 0 Å². The number of esters is 1. The molecule has 0 saturated carbocycles. The first-order valence-electron chi connectivity index (χ1n) is 4.48. The van der Waals surface area contributed by atoms with Crippen LogP contribution in [0.2, 0.25) is 5.02 Å². The third-order valence-corrected chi connectivity index (χ3v) is 3.37. The van der Waals surface area contributed by atoms with E-state index in [2.05, 4.69) is 0 Å². The second kappa shape index (κ2) is 4.70. The van der Waals surface area contributed by atoms with Crippen molar-refractivity contribution in [1.82, 2.24) is 0 Å². The molecule has 0 unspecified atom stereocenters. The SMILES string of the molecule is CC(C)(C)OC(=O)c1cccc(Cl)c1I. The van der Waals surface area contributed by atoms with Crippen LogP contribution in [0.4, 0.5) is 0 Å². The summed E-state index contributed by atoms with van der Waals surface area (Å²) in [5, 5.41) is 0.568. The quantitative estimate of drug-likeness (QED) is 0.573. The predicted molar refractivity (Wildman–Crippen MR) is 69.3 cm³/mol. The van der Waals surface area contributed by atoms with Crippen molar-refractivity contribution < 1.29 is 9.53 Å². The Bertz CT molecular complexity index is 383. The van der Waals surface area contributed by atoms with Crippen molar-refractivity contribution in [3.63, 3.8) is 0 Å². The molecule has 0 spiro atoms. The van der Waals surface area contributed by atoms with Gasteiger partial charge in [-0.1, -0.05) is 17.7 Å². The summed E-state index contributed by atoms with van der Waals surface area (Å²) in [4.78, 5) is 11.7. The van der Waals surface area contributed by atoms with Crippen LogP contribution >= 0.6 is 34.2 Å². The Kier molecular flexibility index (Phi) is 4.00. The number of hydrogen-bond acceptors (Lipinski definition) is 2. The second-order valence-corrected chi connectivity index (χ2v) is 5.59. The Balaban J connectivity index is 2.97. The summed E-state index contributed by atoms with van der Waals surface area (Å²) in [7, 11) is 0. The summed E-state index contributed by atoms with van der Waals surface area (Å²) in [5.41, 5.74) is 0.0284. The van der Waals surface area contributed by atoms with Crippen LogP contribution in [0.5, 0.6) is 0 Å². The van der Waals surface area contributed by atoms with Crippen molar-refractivity contribution in [2.45, 2.75) is 26.4 Å². The molecule has 0 fully saturated rings. The molecule has 0 heterocycles. The molecule has 2 nitrogen and oxygen atoms in total.